The smallest absolute Gasteiger partial charge is 0.358 e. The van der Waals surface area contributed by atoms with Crippen LogP contribution in [0.4, 0.5) is 0 Å². The highest BCUT2D eigenvalue weighted by molar-refractivity contribution is 7.14. The molecule has 2 rings (SSSR count). The molecule has 92 valence electrons. The molecule has 0 radical (unpaired) electrons. The van der Waals surface area contributed by atoms with Crippen LogP contribution in [0.1, 0.15) is 58.8 Å². The zero-order valence-electron chi connectivity index (χ0n) is 10.2. The molecule has 1 fully saturated rings. The summed E-state index contributed by atoms with van der Waals surface area (Å²) < 4.78 is 4.92. The van der Waals surface area contributed by atoms with Crippen molar-refractivity contribution >= 4 is 23.1 Å². The van der Waals surface area contributed by atoms with E-state index in [4.69, 9.17) is 4.74 Å². The zero-order valence-corrected chi connectivity index (χ0v) is 11.0. The number of thiazole rings is 1. The predicted octanol–water partition coefficient (Wildman–Crippen LogP) is 2.57. The summed E-state index contributed by atoms with van der Waals surface area (Å²) in [5.74, 6) is -0.620. The summed E-state index contributed by atoms with van der Waals surface area (Å²) in [6.45, 7) is 5.58. The predicted molar refractivity (Wildman–Crippen MR) is 64.7 cm³/mol. The van der Waals surface area contributed by atoms with E-state index in [-0.39, 0.29) is 16.9 Å². The number of Topliss-reactive ketones (excluding diaryl/α,β-unsaturated/α-hetero) is 1. The first-order valence-electron chi connectivity index (χ1n) is 5.67. The number of aromatic nitrogens is 1. The Morgan fingerprint density at radius 2 is 2.12 bits per heavy atom. The average Bonchev–Trinajstić information content (AvgIpc) is 2.85. The molecule has 17 heavy (non-hydrogen) atoms. The molecule has 0 aromatic carbocycles. The zero-order chi connectivity index (χ0) is 12.6. The third-order valence-electron chi connectivity index (χ3n) is 2.93. The molecule has 5 heteroatoms. The first-order chi connectivity index (χ1) is 7.98. The Hall–Kier alpha value is -1.23. The maximum absolute atomic E-state index is 11.7. The van der Waals surface area contributed by atoms with Gasteiger partial charge < -0.3 is 4.74 Å². The van der Waals surface area contributed by atoms with Crippen molar-refractivity contribution < 1.29 is 14.3 Å². The van der Waals surface area contributed by atoms with Gasteiger partial charge in [-0.05, 0) is 19.8 Å². The van der Waals surface area contributed by atoms with Gasteiger partial charge in [-0.15, -0.1) is 11.3 Å². The standard InChI is InChI=1S/C12H15NO3S/c1-4-16-10(15)8-9(7(2)14)17-11(13-8)12(3)5-6-12/h4-6H2,1-3H3. The molecular weight excluding hydrogens is 238 g/mol. The maximum atomic E-state index is 11.7. The summed E-state index contributed by atoms with van der Waals surface area (Å²) >= 11 is 1.33. The van der Waals surface area contributed by atoms with Crippen LogP contribution in [0.5, 0.6) is 0 Å². The monoisotopic (exact) mass is 253 g/mol. The number of esters is 1. The van der Waals surface area contributed by atoms with E-state index in [2.05, 4.69) is 11.9 Å². The molecule has 0 aliphatic heterocycles. The second-order valence-electron chi connectivity index (χ2n) is 4.53. The molecule has 0 saturated heterocycles. The van der Waals surface area contributed by atoms with Gasteiger partial charge in [-0.3, -0.25) is 4.79 Å². The largest absolute Gasteiger partial charge is 0.461 e. The lowest BCUT2D eigenvalue weighted by Crippen LogP contribution is -2.10. The van der Waals surface area contributed by atoms with Gasteiger partial charge in [0, 0.05) is 12.3 Å². The van der Waals surface area contributed by atoms with Gasteiger partial charge in [-0.1, -0.05) is 6.92 Å². The molecule has 0 amide bonds. The van der Waals surface area contributed by atoms with Crippen molar-refractivity contribution in [2.45, 2.75) is 39.0 Å². The molecule has 0 bridgehead atoms. The minimum atomic E-state index is -0.496. The lowest BCUT2D eigenvalue weighted by atomic mass is 10.2. The Morgan fingerprint density at radius 3 is 2.59 bits per heavy atom. The molecule has 0 spiro atoms. The summed E-state index contributed by atoms with van der Waals surface area (Å²) in [5.41, 5.74) is 0.257. The van der Waals surface area contributed by atoms with Gasteiger partial charge in [0.15, 0.2) is 11.5 Å². The van der Waals surface area contributed by atoms with E-state index in [1.165, 1.54) is 18.3 Å². The van der Waals surface area contributed by atoms with Crippen molar-refractivity contribution in [3.05, 3.63) is 15.6 Å². The van der Waals surface area contributed by atoms with Crippen LogP contribution >= 0.6 is 11.3 Å². The van der Waals surface area contributed by atoms with E-state index < -0.39 is 5.97 Å². The summed E-state index contributed by atoms with van der Waals surface area (Å²) in [4.78, 5) is 27.9. The number of nitrogens with zero attached hydrogens (tertiary/aromatic N) is 1. The number of carbonyl (C=O) groups is 2. The van der Waals surface area contributed by atoms with E-state index in [0.717, 1.165) is 17.8 Å². The molecule has 0 atom stereocenters. The third-order valence-corrected chi connectivity index (χ3v) is 4.39. The van der Waals surface area contributed by atoms with Crippen LogP contribution in [0.25, 0.3) is 0 Å². The van der Waals surface area contributed by atoms with E-state index in [1.54, 1.807) is 6.92 Å². The molecule has 1 aliphatic carbocycles. The number of ketones is 1. The summed E-state index contributed by atoms with van der Waals surface area (Å²) in [7, 11) is 0. The van der Waals surface area contributed by atoms with Gasteiger partial charge in [0.25, 0.3) is 0 Å². The van der Waals surface area contributed by atoms with Gasteiger partial charge in [0.1, 0.15) is 9.88 Å². The number of ether oxygens (including phenoxy) is 1. The van der Waals surface area contributed by atoms with Crippen LogP contribution in [0.15, 0.2) is 0 Å². The van der Waals surface area contributed by atoms with Crippen molar-refractivity contribution in [3.8, 4) is 0 Å². The fourth-order valence-electron chi connectivity index (χ4n) is 1.56. The van der Waals surface area contributed by atoms with Crippen LogP contribution < -0.4 is 0 Å². The highest BCUT2D eigenvalue weighted by Gasteiger charge is 2.43. The Morgan fingerprint density at radius 1 is 1.47 bits per heavy atom. The fourth-order valence-corrected chi connectivity index (χ4v) is 2.71. The van der Waals surface area contributed by atoms with E-state index in [9.17, 15) is 9.59 Å². The van der Waals surface area contributed by atoms with Gasteiger partial charge in [-0.2, -0.15) is 0 Å². The van der Waals surface area contributed by atoms with E-state index in [0.29, 0.717) is 11.5 Å². The third kappa shape index (κ3) is 2.24. The maximum Gasteiger partial charge on any atom is 0.358 e. The molecular formula is C12H15NO3S. The Balaban J connectivity index is 2.39. The van der Waals surface area contributed by atoms with Crippen molar-refractivity contribution in [2.75, 3.05) is 6.61 Å². The fraction of sp³-hybridized carbons (Fsp3) is 0.583. The van der Waals surface area contributed by atoms with Gasteiger partial charge in [0.2, 0.25) is 0 Å². The highest BCUT2D eigenvalue weighted by Crippen LogP contribution is 2.49. The number of rotatable bonds is 4. The Bertz CT molecular complexity index is 474. The van der Waals surface area contributed by atoms with E-state index in [1.807, 2.05) is 0 Å². The molecule has 0 N–H and O–H groups in total. The lowest BCUT2D eigenvalue weighted by Gasteiger charge is -2.00. The molecule has 1 saturated carbocycles. The van der Waals surface area contributed by atoms with Crippen molar-refractivity contribution in [1.29, 1.82) is 0 Å². The first kappa shape index (κ1) is 12.2. The van der Waals surface area contributed by atoms with Gasteiger partial charge in [-0.25, -0.2) is 9.78 Å². The molecule has 4 nitrogen and oxygen atoms in total. The van der Waals surface area contributed by atoms with Crippen molar-refractivity contribution in [3.63, 3.8) is 0 Å². The normalized spacial score (nSPS) is 16.6. The van der Waals surface area contributed by atoms with Crippen molar-refractivity contribution in [2.24, 2.45) is 0 Å². The molecule has 0 unspecified atom stereocenters. The SMILES string of the molecule is CCOC(=O)c1nc(C2(C)CC2)sc1C(C)=O. The van der Waals surface area contributed by atoms with Gasteiger partial charge >= 0.3 is 5.97 Å². The molecule has 1 aromatic rings. The Kier molecular flexibility index (Phi) is 3.03. The number of hydrogen-bond acceptors (Lipinski definition) is 5. The minimum Gasteiger partial charge on any atom is -0.461 e. The van der Waals surface area contributed by atoms with Crippen LogP contribution in [0.2, 0.25) is 0 Å². The van der Waals surface area contributed by atoms with Crippen molar-refractivity contribution in [1.82, 2.24) is 4.98 Å². The molecule has 1 heterocycles. The summed E-state index contributed by atoms with van der Waals surface area (Å²) in [5, 5.41) is 0.880. The van der Waals surface area contributed by atoms with Crippen LogP contribution in [0.3, 0.4) is 0 Å². The minimum absolute atomic E-state index is 0.0691. The molecule has 1 aromatic heterocycles. The quantitative estimate of drug-likeness (QED) is 0.611. The van der Waals surface area contributed by atoms with Crippen LogP contribution in [-0.4, -0.2) is 23.3 Å². The second kappa shape index (κ2) is 4.22. The second-order valence-corrected chi connectivity index (χ2v) is 5.53. The van der Waals surface area contributed by atoms with Crippen LogP contribution in [0, 0.1) is 0 Å². The number of carbonyl (C=O) groups excluding carboxylic acids is 2. The Labute approximate surface area is 104 Å². The first-order valence-corrected chi connectivity index (χ1v) is 6.49. The summed E-state index contributed by atoms with van der Waals surface area (Å²) in [6.07, 6.45) is 2.14. The van der Waals surface area contributed by atoms with E-state index >= 15 is 0 Å². The average molecular weight is 253 g/mol. The number of hydrogen-bond donors (Lipinski definition) is 0. The van der Waals surface area contributed by atoms with Gasteiger partial charge in [0.05, 0.1) is 6.61 Å². The summed E-state index contributed by atoms with van der Waals surface area (Å²) in [6, 6.07) is 0. The topological polar surface area (TPSA) is 56.3 Å². The molecule has 1 aliphatic rings. The van der Waals surface area contributed by atoms with Crippen LogP contribution in [-0.2, 0) is 10.2 Å². The highest BCUT2D eigenvalue weighted by atomic mass is 32.1. The lowest BCUT2D eigenvalue weighted by molar-refractivity contribution is 0.0517.